The minimum atomic E-state index is -0.436. The van der Waals surface area contributed by atoms with Gasteiger partial charge in [0.1, 0.15) is 11.6 Å². The molecule has 0 saturated carbocycles. The van der Waals surface area contributed by atoms with Gasteiger partial charge in [0.25, 0.3) is 0 Å². The number of nitrogens with two attached hydrogens (primary N) is 2. The normalized spacial score (nSPS) is 12.4. The average Bonchev–Trinajstić information content (AvgIpc) is 2.28. The first-order chi connectivity index (χ1) is 8.50. The van der Waals surface area contributed by atoms with Gasteiger partial charge in [0.05, 0.1) is 6.04 Å². The summed E-state index contributed by atoms with van der Waals surface area (Å²) in [6.07, 6.45) is 1.64. The molecule has 0 aliphatic heterocycles. The zero-order valence-electron chi connectivity index (χ0n) is 9.82. The van der Waals surface area contributed by atoms with E-state index in [1.54, 1.807) is 12.3 Å². The second-order valence-electron chi connectivity index (χ2n) is 4.07. The molecule has 1 unspecified atom stereocenters. The van der Waals surface area contributed by atoms with Crippen LogP contribution in [0.15, 0.2) is 34.9 Å². The Balaban J connectivity index is 2.51. The number of anilines is 1. The van der Waals surface area contributed by atoms with Crippen LogP contribution in [0.25, 0.3) is 0 Å². The summed E-state index contributed by atoms with van der Waals surface area (Å²) in [6, 6.07) is 5.83. The van der Waals surface area contributed by atoms with E-state index >= 15 is 0 Å². The molecule has 0 radical (unpaired) electrons. The molecule has 1 aromatic heterocycles. The van der Waals surface area contributed by atoms with Crippen molar-refractivity contribution in [3.63, 3.8) is 0 Å². The van der Waals surface area contributed by atoms with Crippen molar-refractivity contribution in [2.24, 2.45) is 5.73 Å². The molecule has 5 heteroatoms. The Morgan fingerprint density at radius 3 is 2.67 bits per heavy atom. The van der Waals surface area contributed by atoms with Crippen LogP contribution in [0.4, 0.5) is 10.2 Å². The molecule has 1 aromatic carbocycles. The van der Waals surface area contributed by atoms with Crippen molar-refractivity contribution in [1.29, 1.82) is 0 Å². The highest BCUT2D eigenvalue weighted by Gasteiger charge is 2.17. The molecule has 3 nitrogen and oxygen atoms in total. The van der Waals surface area contributed by atoms with E-state index in [1.165, 1.54) is 12.1 Å². The van der Waals surface area contributed by atoms with Gasteiger partial charge in [0, 0.05) is 16.2 Å². The lowest BCUT2D eigenvalue weighted by molar-refractivity contribution is 0.625. The third-order valence-corrected chi connectivity index (χ3v) is 3.53. The number of aromatic nitrogens is 1. The number of benzene rings is 1. The van der Waals surface area contributed by atoms with Crippen LogP contribution in [0.2, 0.25) is 0 Å². The molecule has 2 rings (SSSR count). The summed E-state index contributed by atoms with van der Waals surface area (Å²) in [5.41, 5.74) is 14.6. The first-order valence-electron chi connectivity index (χ1n) is 5.42. The number of nitrogen functional groups attached to an aromatic ring is 1. The Morgan fingerprint density at radius 2 is 2.06 bits per heavy atom. The summed E-state index contributed by atoms with van der Waals surface area (Å²) in [5, 5.41) is 0. The predicted octanol–water partition coefficient (Wildman–Crippen LogP) is 2.92. The van der Waals surface area contributed by atoms with E-state index in [-0.39, 0.29) is 5.82 Å². The molecule has 2 aromatic rings. The summed E-state index contributed by atoms with van der Waals surface area (Å²) in [7, 11) is 0. The minimum Gasteiger partial charge on any atom is -0.383 e. The predicted molar refractivity (Wildman–Crippen MR) is 73.5 cm³/mol. The van der Waals surface area contributed by atoms with Gasteiger partial charge in [-0.25, -0.2) is 9.37 Å². The monoisotopic (exact) mass is 309 g/mol. The van der Waals surface area contributed by atoms with Gasteiger partial charge in [-0.2, -0.15) is 0 Å². The molecule has 0 aliphatic carbocycles. The highest BCUT2D eigenvalue weighted by atomic mass is 79.9. The maximum atomic E-state index is 13.1. The standard InChI is InChI=1S/C13H13BrFN3/c1-7-4-5-18-13(17)11(7)12(16)9-3-2-8(15)6-10(9)14/h2-6,12H,16H2,1H3,(H2,17,18). The number of rotatable bonds is 2. The number of aryl methyl sites for hydroxylation is 1. The van der Waals surface area contributed by atoms with E-state index < -0.39 is 6.04 Å². The highest BCUT2D eigenvalue weighted by Crippen LogP contribution is 2.31. The molecule has 0 aliphatic rings. The minimum absolute atomic E-state index is 0.311. The molecule has 0 fully saturated rings. The van der Waals surface area contributed by atoms with Crippen molar-refractivity contribution in [2.45, 2.75) is 13.0 Å². The molecule has 1 heterocycles. The molecule has 0 saturated heterocycles. The van der Waals surface area contributed by atoms with Crippen LogP contribution >= 0.6 is 15.9 Å². The number of hydrogen-bond acceptors (Lipinski definition) is 3. The second-order valence-corrected chi connectivity index (χ2v) is 4.92. The van der Waals surface area contributed by atoms with Gasteiger partial charge >= 0.3 is 0 Å². The maximum absolute atomic E-state index is 13.1. The zero-order chi connectivity index (χ0) is 13.3. The second kappa shape index (κ2) is 5.04. The topological polar surface area (TPSA) is 64.9 Å². The molecule has 0 spiro atoms. The first kappa shape index (κ1) is 13.0. The molecule has 0 bridgehead atoms. The summed E-state index contributed by atoms with van der Waals surface area (Å²) in [4.78, 5) is 4.04. The fourth-order valence-corrected chi connectivity index (χ4v) is 2.50. The Morgan fingerprint density at radius 1 is 1.33 bits per heavy atom. The van der Waals surface area contributed by atoms with E-state index in [0.29, 0.717) is 10.3 Å². The fourth-order valence-electron chi connectivity index (χ4n) is 1.90. The maximum Gasteiger partial charge on any atom is 0.128 e. The summed E-state index contributed by atoms with van der Waals surface area (Å²) >= 11 is 3.31. The molecule has 18 heavy (non-hydrogen) atoms. The fraction of sp³-hybridized carbons (Fsp3) is 0.154. The number of halogens is 2. The van der Waals surface area contributed by atoms with Crippen LogP contribution in [-0.2, 0) is 0 Å². The highest BCUT2D eigenvalue weighted by molar-refractivity contribution is 9.10. The van der Waals surface area contributed by atoms with Crippen LogP contribution in [0.1, 0.15) is 22.7 Å². The first-order valence-corrected chi connectivity index (χ1v) is 6.21. The van der Waals surface area contributed by atoms with E-state index in [1.807, 2.05) is 13.0 Å². The lowest BCUT2D eigenvalue weighted by Crippen LogP contribution is -2.16. The Kier molecular flexibility index (Phi) is 3.63. The van der Waals surface area contributed by atoms with Crippen molar-refractivity contribution < 1.29 is 4.39 Å². The number of hydrogen-bond donors (Lipinski definition) is 2. The van der Waals surface area contributed by atoms with E-state index in [9.17, 15) is 4.39 Å². The Labute approximate surface area is 113 Å². The van der Waals surface area contributed by atoms with Gasteiger partial charge < -0.3 is 11.5 Å². The smallest absolute Gasteiger partial charge is 0.128 e. The average molecular weight is 310 g/mol. The largest absolute Gasteiger partial charge is 0.383 e. The SMILES string of the molecule is Cc1ccnc(N)c1C(N)c1ccc(F)cc1Br. The summed E-state index contributed by atoms with van der Waals surface area (Å²) < 4.78 is 13.7. The zero-order valence-corrected chi connectivity index (χ0v) is 11.4. The molecule has 0 amide bonds. The van der Waals surface area contributed by atoms with Crippen LogP contribution in [-0.4, -0.2) is 4.98 Å². The Bertz CT molecular complexity index is 566. The van der Waals surface area contributed by atoms with Crippen LogP contribution in [0.3, 0.4) is 0 Å². The van der Waals surface area contributed by atoms with Crippen molar-refractivity contribution in [2.75, 3.05) is 5.73 Å². The lowest BCUT2D eigenvalue weighted by atomic mass is 9.96. The quantitative estimate of drug-likeness (QED) is 0.896. The third-order valence-electron chi connectivity index (χ3n) is 2.85. The molecule has 94 valence electrons. The van der Waals surface area contributed by atoms with Gasteiger partial charge in [-0.05, 0) is 36.2 Å². The van der Waals surface area contributed by atoms with Gasteiger partial charge in [0.15, 0.2) is 0 Å². The van der Waals surface area contributed by atoms with Crippen LogP contribution in [0, 0.1) is 12.7 Å². The molecule has 4 N–H and O–H groups in total. The van der Waals surface area contributed by atoms with Gasteiger partial charge in [-0.15, -0.1) is 0 Å². The van der Waals surface area contributed by atoms with Crippen molar-refractivity contribution >= 4 is 21.7 Å². The summed E-state index contributed by atoms with van der Waals surface area (Å²) in [6.45, 7) is 1.92. The molecular formula is C13H13BrFN3. The van der Waals surface area contributed by atoms with Crippen LogP contribution in [0.5, 0.6) is 0 Å². The van der Waals surface area contributed by atoms with Gasteiger partial charge in [0.2, 0.25) is 0 Å². The number of pyridine rings is 1. The Hall–Kier alpha value is -1.46. The van der Waals surface area contributed by atoms with E-state index in [2.05, 4.69) is 20.9 Å². The molecular weight excluding hydrogens is 297 g/mol. The molecule has 1 atom stereocenters. The van der Waals surface area contributed by atoms with Gasteiger partial charge in [-0.1, -0.05) is 22.0 Å². The van der Waals surface area contributed by atoms with Crippen molar-refractivity contribution in [3.8, 4) is 0 Å². The van der Waals surface area contributed by atoms with E-state index in [0.717, 1.165) is 16.7 Å². The van der Waals surface area contributed by atoms with Crippen molar-refractivity contribution in [1.82, 2.24) is 4.98 Å². The third kappa shape index (κ3) is 2.37. The van der Waals surface area contributed by atoms with E-state index in [4.69, 9.17) is 11.5 Å². The van der Waals surface area contributed by atoms with Crippen molar-refractivity contribution in [3.05, 3.63) is 57.4 Å². The number of nitrogens with zero attached hydrogens (tertiary/aromatic N) is 1. The summed E-state index contributed by atoms with van der Waals surface area (Å²) in [5.74, 6) is 0.0902. The van der Waals surface area contributed by atoms with Crippen LogP contribution < -0.4 is 11.5 Å². The lowest BCUT2D eigenvalue weighted by Gasteiger charge is -2.18. The van der Waals surface area contributed by atoms with Gasteiger partial charge in [-0.3, -0.25) is 0 Å².